The lowest BCUT2D eigenvalue weighted by atomic mass is 10.1. The van der Waals surface area contributed by atoms with Crippen molar-refractivity contribution in [3.63, 3.8) is 0 Å². The molecule has 1 fully saturated rings. The SMILES string of the molecule is Cc1c(-c2ccccc2)sc(NC(=O)C2Oc3ccccc3OC2C)c1C(=O)N1CCOCC1. The Morgan fingerprint density at radius 1 is 0.971 bits per heavy atom. The summed E-state index contributed by atoms with van der Waals surface area (Å²) in [5.74, 6) is 0.686. The molecule has 2 aliphatic heterocycles. The number of hydrogen-bond acceptors (Lipinski definition) is 6. The molecule has 7 nitrogen and oxygen atoms in total. The van der Waals surface area contributed by atoms with Crippen molar-refractivity contribution in [3.8, 4) is 21.9 Å². The topological polar surface area (TPSA) is 77.1 Å². The smallest absolute Gasteiger partial charge is 0.269 e. The van der Waals surface area contributed by atoms with Gasteiger partial charge in [-0.05, 0) is 37.1 Å². The number of carbonyl (C=O) groups is 2. The second kappa shape index (κ2) is 9.48. The highest BCUT2D eigenvalue weighted by atomic mass is 32.1. The monoisotopic (exact) mass is 478 g/mol. The van der Waals surface area contributed by atoms with Gasteiger partial charge in [-0.3, -0.25) is 9.59 Å². The number of thiophene rings is 1. The first-order chi connectivity index (χ1) is 16.5. The van der Waals surface area contributed by atoms with E-state index in [9.17, 15) is 9.59 Å². The zero-order chi connectivity index (χ0) is 23.7. The van der Waals surface area contributed by atoms with E-state index in [1.54, 1.807) is 17.9 Å². The summed E-state index contributed by atoms with van der Waals surface area (Å²) in [6.07, 6.45) is -1.33. The number of amides is 2. The summed E-state index contributed by atoms with van der Waals surface area (Å²) >= 11 is 1.40. The average molecular weight is 479 g/mol. The summed E-state index contributed by atoms with van der Waals surface area (Å²) in [5, 5.41) is 3.51. The minimum absolute atomic E-state index is 0.103. The highest BCUT2D eigenvalue weighted by Crippen LogP contribution is 2.41. The van der Waals surface area contributed by atoms with Crippen molar-refractivity contribution in [2.75, 3.05) is 31.6 Å². The van der Waals surface area contributed by atoms with Crippen LogP contribution < -0.4 is 14.8 Å². The number of benzene rings is 2. The molecule has 3 aromatic rings. The Labute approximate surface area is 202 Å². The zero-order valence-corrected chi connectivity index (χ0v) is 19.9. The molecule has 1 saturated heterocycles. The van der Waals surface area contributed by atoms with Crippen LogP contribution in [0.25, 0.3) is 10.4 Å². The van der Waals surface area contributed by atoms with Crippen LogP contribution in [0.15, 0.2) is 54.6 Å². The van der Waals surface area contributed by atoms with E-state index < -0.39 is 12.2 Å². The molecular weight excluding hydrogens is 452 g/mol. The number of hydrogen-bond donors (Lipinski definition) is 1. The Kier molecular flexibility index (Phi) is 6.26. The Hall–Kier alpha value is -3.36. The summed E-state index contributed by atoms with van der Waals surface area (Å²) in [6, 6.07) is 17.2. The fourth-order valence-electron chi connectivity index (χ4n) is 4.24. The van der Waals surface area contributed by atoms with Crippen molar-refractivity contribution in [1.29, 1.82) is 0 Å². The van der Waals surface area contributed by atoms with Crippen molar-refractivity contribution in [2.45, 2.75) is 26.1 Å². The first kappa shape index (κ1) is 22.4. The van der Waals surface area contributed by atoms with Crippen molar-refractivity contribution >= 4 is 28.2 Å². The normalized spacial score (nSPS) is 19.5. The number of fused-ring (bicyclic) bond motifs is 1. The Balaban J connectivity index is 1.47. The van der Waals surface area contributed by atoms with Gasteiger partial charge in [0.15, 0.2) is 11.5 Å². The van der Waals surface area contributed by atoms with Crippen LogP contribution in [-0.2, 0) is 9.53 Å². The highest BCUT2D eigenvalue weighted by Gasteiger charge is 2.36. The number of morpholine rings is 1. The minimum Gasteiger partial charge on any atom is -0.482 e. The Morgan fingerprint density at radius 3 is 2.32 bits per heavy atom. The number of ether oxygens (including phenoxy) is 3. The number of rotatable bonds is 4. The van der Waals surface area contributed by atoms with Gasteiger partial charge in [-0.15, -0.1) is 11.3 Å². The lowest BCUT2D eigenvalue weighted by molar-refractivity contribution is -0.127. The lowest BCUT2D eigenvalue weighted by Crippen LogP contribution is -2.46. The van der Waals surface area contributed by atoms with Gasteiger partial charge >= 0.3 is 0 Å². The van der Waals surface area contributed by atoms with E-state index in [1.165, 1.54) is 11.3 Å². The first-order valence-electron chi connectivity index (χ1n) is 11.3. The predicted octanol–water partition coefficient (Wildman–Crippen LogP) is 4.36. The van der Waals surface area contributed by atoms with Gasteiger partial charge in [0.25, 0.3) is 11.8 Å². The summed E-state index contributed by atoms with van der Waals surface area (Å²) in [7, 11) is 0. The third-order valence-electron chi connectivity index (χ3n) is 6.03. The van der Waals surface area contributed by atoms with Crippen LogP contribution in [0.3, 0.4) is 0 Å². The fourth-order valence-corrected chi connectivity index (χ4v) is 5.45. The van der Waals surface area contributed by atoms with E-state index in [0.717, 1.165) is 16.0 Å². The maximum absolute atomic E-state index is 13.5. The third-order valence-corrected chi connectivity index (χ3v) is 7.29. The molecule has 3 heterocycles. The van der Waals surface area contributed by atoms with Crippen molar-refractivity contribution in [2.24, 2.45) is 0 Å². The van der Waals surface area contributed by atoms with E-state index in [2.05, 4.69) is 5.32 Å². The second-order valence-electron chi connectivity index (χ2n) is 8.33. The largest absolute Gasteiger partial charge is 0.482 e. The van der Waals surface area contributed by atoms with E-state index >= 15 is 0 Å². The maximum atomic E-state index is 13.5. The molecule has 176 valence electrons. The van der Waals surface area contributed by atoms with Gasteiger partial charge in [-0.2, -0.15) is 0 Å². The van der Waals surface area contributed by atoms with Gasteiger partial charge in [0.2, 0.25) is 6.10 Å². The molecule has 2 atom stereocenters. The van der Waals surface area contributed by atoms with Crippen LogP contribution in [0.1, 0.15) is 22.8 Å². The van der Waals surface area contributed by atoms with E-state index in [0.29, 0.717) is 48.4 Å². The van der Waals surface area contributed by atoms with E-state index in [-0.39, 0.29) is 11.8 Å². The van der Waals surface area contributed by atoms with Crippen LogP contribution in [0.5, 0.6) is 11.5 Å². The molecule has 1 N–H and O–H groups in total. The zero-order valence-electron chi connectivity index (χ0n) is 19.1. The van der Waals surface area contributed by atoms with Crippen LogP contribution in [0.4, 0.5) is 5.00 Å². The molecule has 0 bridgehead atoms. The standard InChI is InChI=1S/C26H26N2O5S/c1-16-21(26(30)28-12-14-31-15-13-28)25(34-23(16)18-8-4-3-5-9-18)27-24(29)22-17(2)32-19-10-6-7-11-20(19)33-22/h3-11,17,22H,12-15H2,1-2H3,(H,27,29). The second-order valence-corrected chi connectivity index (χ2v) is 9.35. The molecule has 8 heteroatoms. The molecule has 2 aromatic carbocycles. The van der Waals surface area contributed by atoms with E-state index in [4.69, 9.17) is 14.2 Å². The Morgan fingerprint density at radius 2 is 1.62 bits per heavy atom. The van der Waals surface area contributed by atoms with Crippen LogP contribution in [-0.4, -0.2) is 55.2 Å². The molecule has 0 radical (unpaired) electrons. The van der Waals surface area contributed by atoms with Crippen LogP contribution >= 0.6 is 11.3 Å². The summed E-state index contributed by atoms with van der Waals surface area (Å²) in [5.41, 5.74) is 2.37. The summed E-state index contributed by atoms with van der Waals surface area (Å²) < 4.78 is 17.3. The van der Waals surface area contributed by atoms with Crippen molar-refractivity contribution in [3.05, 3.63) is 65.7 Å². The van der Waals surface area contributed by atoms with Crippen molar-refractivity contribution < 1.29 is 23.8 Å². The lowest BCUT2D eigenvalue weighted by Gasteiger charge is -2.31. The Bertz CT molecular complexity index is 1200. The molecule has 0 aliphatic carbocycles. The maximum Gasteiger partial charge on any atom is 0.269 e. The number of para-hydroxylation sites is 2. The number of carbonyl (C=O) groups excluding carboxylic acids is 2. The van der Waals surface area contributed by atoms with Gasteiger partial charge in [-0.25, -0.2) is 0 Å². The van der Waals surface area contributed by atoms with Gasteiger partial charge in [0, 0.05) is 18.0 Å². The van der Waals surface area contributed by atoms with Crippen LogP contribution in [0.2, 0.25) is 0 Å². The molecule has 1 aromatic heterocycles. The molecule has 2 aliphatic rings. The molecule has 2 unspecified atom stereocenters. The highest BCUT2D eigenvalue weighted by molar-refractivity contribution is 7.20. The quantitative estimate of drug-likeness (QED) is 0.603. The number of nitrogens with one attached hydrogen (secondary N) is 1. The van der Waals surface area contributed by atoms with Gasteiger partial charge in [-0.1, -0.05) is 42.5 Å². The van der Waals surface area contributed by atoms with Gasteiger partial charge in [0.05, 0.1) is 18.8 Å². The number of anilines is 1. The molecule has 0 saturated carbocycles. The third kappa shape index (κ3) is 4.26. The van der Waals surface area contributed by atoms with Gasteiger partial charge < -0.3 is 24.4 Å². The average Bonchev–Trinajstić information content (AvgIpc) is 3.19. The molecule has 34 heavy (non-hydrogen) atoms. The molecule has 5 rings (SSSR count). The van der Waals surface area contributed by atoms with Gasteiger partial charge in [0.1, 0.15) is 11.1 Å². The molecule has 2 amide bonds. The fraction of sp³-hybridized carbons (Fsp3) is 0.308. The predicted molar refractivity (Wildman–Crippen MR) is 131 cm³/mol. The molecular formula is C26H26N2O5S. The first-order valence-corrected chi connectivity index (χ1v) is 12.1. The minimum atomic E-state index is -0.844. The molecule has 0 spiro atoms. The summed E-state index contributed by atoms with van der Waals surface area (Å²) in [4.78, 5) is 29.6. The number of nitrogens with zero attached hydrogens (tertiary/aromatic N) is 1. The van der Waals surface area contributed by atoms with E-state index in [1.807, 2.05) is 55.5 Å². The van der Waals surface area contributed by atoms with Crippen molar-refractivity contribution in [1.82, 2.24) is 4.90 Å². The summed E-state index contributed by atoms with van der Waals surface area (Å²) in [6.45, 7) is 5.79. The van der Waals surface area contributed by atoms with Crippen LogP contribution in [0, 0.1) is 6.92 Å².